The van der Waals surface area contributed by atoms with Gasteiger partial charge < -0.3 is 4.55 Å². The number of hydrogen-bond acceptors (Lipinski definition) is 6. The summed E-state index contributed by atoms with van der Waals surface area (Å²) in [5, 5.41) is 0. The van der Waals surface area contributed by atoms with Gasteiger partial charge in [0.25, 0.3) is 0 Å². The van der Waals surface area contributed by atoms with E-state index in [0.29, 0.717) is 31.4 Å². The van der Waals surface area contributed by atoms with Crippen LogP contribution < -0.4 is 0 Å². The van der Waals surface area contributed by atoms with E-state index in [1.807, 2.05) is 63.4 Å². The predicted octanol–water partition coefficient (Wildman–Crippen LogP) is 6.45. The summed E-state index contributed by atoms with van der Waals surface area (Å²) < 4.78 is 38.0. The van der Waals surface area contributed by atoms with E-state index in [-0.39, 0.29) is 17.2 Å². The van der Waals surface area contributed by atoms with Gasteiger partial charge in [0, 0.05) is 43.6 Å². The van der Waals surface area contributed by atoms with Crippen molar-refractivity contribution in [3.8, 4) is 11.1 Å². The lowest BCUT2D eigenvalue weighted by Gasteiger charge is -2.29. The lowest BCUT2D eigenvalue weighted by molar-refractivity contribution is -0.119. The first-order chi connectivity index (χ1) is 17.2. The zero-order valence-corrected chi connectivity index (χ0v) is 22.7. The first-order valence-corrected chi connectivity index (χ1v) is 14.5. The van der Waals surface area contributed by atoms with Crippen molar-refractivity contribution >= 4 is 27.8 Å². The number of aromatic nitrogens is 1. The van der Waals surface area contributed by atoms with Crippen LogP contribution in [0, 0.1) is 13.8 Å². The maximum absolute atomic E-state index is 13.8. The number of carbonyl (C=O) groups is 1. The van der Waals surface area contributed by atoms with Gasteiger partial charge in [-0.05, 0) is 97.7 Å². The highest BCUT2D eigenvalue weighted by molar-refractivity contribution is 7.93. The van der Waals surface area contributed by atoms with E-state index in [9.17, 15) is 13.2 Å². The van der Waals surface area contributed by atoms with E-state index < -0.39 is 16.1 Å². The minimum Gasteiger partial charge on any atom is -0.330 e. The molecule has 0 saturated heterocycles. The quantitative estimate of drug-likeness (QED) is 0.203. The van der Waals surface area contributed by atoms with E-state index in [1.165, 1.54) is 4.31 Å². The Bertz CT molecular complexity index is 1280. The van der Waals surface area contributed by atoms with Gasteiger partial charge in [-0.3, -0.25) is 9.78 Å². The molecule has 2 aromatic carbocycles. The molecule has 3 rings (SSSR count). The Kier molecular flexibility index (Phi) is 10.2. The van der Waals surface area contributed by atoms with Crippen molar-refractivity contribution in [1.29, 1.82) is 0 Å². The SMILES string of the molecule is Cc1cccc(S(=O)(=O)N(CCCC(=O)CCCSO)C(C)c2cccc(-c3ccncc3C)c2)c1. The molecule has 0 aliphatic heterocycles. The Labute approximate surface area is 219 Å². The van der Waals surface area contributed by atoms with Gasteiger partial charge >= 0.3 is 0 Å². The first kappa shape index (κ1) is 28.1. The van der Waals surface area contributed by atoms with Crippen LogP contribution in [0.3, 0.4) is 0 Å². The predicted molar refractivity (Wildman–Crippen MR) is 146 cm³/mol. The summed E-state index contributed by atoms with van der Waals surface area (Å²) in [6, 6.07) is 16.4. The fraction of sp³-hybridized carbons (Fsp3) is 0.357. The van der Waals surface area contributed by atoms with Crippen molar-refractivity contribution in [3.05, 3.63) is 83.7 Å². The summed E-state index contributed by atoms with van der Waals surface area (Å²) in [5.41, 5.74) is 4.86. The van der Waals surface area contributed by atoms with Gasteiger partial charge in [0.1, 0.15) is 5.78 Å². The molecule has 6 nitrogen and oxygen atoms in total. The van der Waals surface area contributed by atoms with Gasteiger partial charge in [0.05, 0.1) is 4.90 Å². The Morgan fingerprint density at radius 1 is 1.06 bits per heavy atom. The smallest absolute Gasteiger partial charge is 0.243 e. The van der Waals surface area contributed by atoms with Crippen LogP contribution in [-0.4, -0.2) is 40.3 Å². The third kappa shape index (κ3) is 7.26. The summed E-state index contributed by atoms with van der Waals surface area (Å²) in [7, 11) is -3.80. The molecule has 8 heteroatoms. The monoisotopic (exact) mass is 526 g/mol. The van der Waals surface area contributed by atoms with E-state index in [2.05, 4.69) is 4.98 Å². The average Bonchev–Trinajstić information content (AvgIpc) is 2.86. The van der Waals surface area contributed by atoms with Crippen molar-refractivity contribution in [2.75, 3.05) is 12.3 Å². The molecule has 0 saturated carbocycles. The lowest BCUT2D eigenvalue weighted by Crippen LogP contribution is -2.35. The zero-order chi connectivity index (χ0) is 26.1. The zero-order valence-electron chi connectivity index (χ0n) is 21.1. The van der Waals surface area contributed by atoms with Gasteiger partial charge in [-0.2, -0.15) is 4.31 Å². The van der Waals surface area contributed by atoms with Gasteiger partial charge in [-0.25, -0.2) is 8.42 Å². The number of pyridine rings is 1. The van der Waals surface area contributed by atoms with Crippen molar-refractivity contribution in [2.45, 2.75) is 57.4 Å². The first-order valence-electron chi connectivity index (χ1n) is 12.1. The molecule has 0 fully saturated rings. The number of sulfonamides is 1. The number of benzene rings is 2. The molecule has 3 aromatic rings. The maximum atomic E-state index is 13.8. The Morgan fingerprint density at radius 3 is 2.53 bits per heavy atom. The summed E-state index contributed by atoms with van der Waals surface area (Å²) >= 11 is 0.733. The molecule has 0 radical (unpaired) electrons. The Morgan fingerprint density at radius 2 is 1.81 bits per heavy atom. The van der Waals surface area contributed by atoms with Crippen molar-refractivity contribution in [1.82, 2.24) is 9.29 Å². The van der Waals surface area contributed by atoms with E-state index >= 15 is 0 Å². The van der Waals surface area contributed by atoms with Crippen LogP contribution >= 0.6 is 12.0 Å². The van der Waals surface area contributed by atoms with E-state index in [0.717, 1.165) is 39.9 Å². The van der Waals surface area contributed by atoms with E-state index in [1.54, 1.807) is 24.4 Å². The molecule has 0 spiro atoms. The number of Topliss-reactive ketones (excluding diaryl/α,β-unsaturated/α-hetero) is 1. The van der Waals surface area contributed by atoms with Crippen LogP contribution in [0.2, 0.25) is 0 Å². The molecule has 1 atom stereocenters. The van der Waals surface area contributed by atoms with E-state index in [4.69, 9.17) is 4.55 Å². The van der Waals surface area contributed by atoms with Crippen LogP contribution in [-0.2, 0) is 14.8 Å². The fourth-order valence-electron chi connectivity index (χ4n) is 4.25. The van der Waals surface area contributed by atoms with Crippen LogP contribution in [0.5, 0.6) is 0 Å². The Balaban J connectivity index is 1.89. The number of rotatable bonds is 13. The van der Waals surface area contributed by atoms with Crippen molar-refractivity contribution in [2.24, 2.45) is 0 Å². The second kappa shape index (κ2) is 13.1. The number of hydrogen-bond donors (Lipinski definition) is 1. The maximum Gasteiger partial charge on any atom is 0.243 e. The van der Waals surface area contributed by atoms with Crippen molar-refractivity contribution < 1.29 is 17.8 Å². The summed E-state index contributed by atoms with van der Waals surface area (Å²) in [6.07, 6.45) is 5.31. The van der Waals surface area contributed by atoms with Crippen LogP contribution in [0.25, 0.3) is 11.1 Å². The molecule has 1 aromatic heterocycles. The average molecular weight is 527 g/mol. The molecule has 0 bridgehead atoms. The van der Waals surface area contributed by atoms with Crippen LogP contribution in [0.1, 0.15) is 55.3 Å². The highest BCUT2D eigenvalue weighted by atomic mass is 32.2. The number of carbonyl (C=O) groups excluding carboxylic acids is 1. The standard InChI is InChI=1S/C28H34N2O4S2/c1-21-8-4-13-27(18-21)36(33,34)30(16-6-11-26(31)12-7-17-35-32)23(3)24-9-5-10-25(19-24)28-14-15-29-20-22(28)2/h4-5,8-10,13-15,18-20,23,32H,6-7,11-12,16-17H2,1-3H3. The minimum absolute atomic E-state index is 0.0831. The number of aryl methyl sites for hydroxylation is 2. The van der Waals surface area contributed by atoms with Gasteiger partial charge in [0.15, 0.2) is 0 Å². The highest BCUT2D eigenvalue weighted by Crippen LogP contribution is 2.31. The normalized spacial score (nSPS) is 12.6. The second-order valence-electron chi connectivity index (χ2n) is 9.00. The summed E-state index contributed by atoms with van der Waals surface area (Å²) in [5.74, 6) is 0.601. The fourth-order valence-corrected chi connectivity index (χ4v) is 6.29. The summed E-state index contributed by atoms with van der Waals surface area (Å²) in [4.78, 5) is 16.7. The van der Waals surface area contributed by atoms with Crippen molar-refractivity contribution in [3.63, 3.8) is 0 Å². The van der Waals surface area contributed by atoms with Crippen LogP contribution in [0.4, 0.5) is 0 Å². The molecule has 36 heavy (non-hydrogen) atoms. The third-order valence-corrected chi connectivity index (χ3v) is 8.69. The molecule has 192 valence electrons. The molecule has 1 unspecified atom stereocenters. The molecule has 1 N–H and O–H groups in total. The molecule has 0 aliphatic carbocycles. The molecular weight excluding hydrogens is 492 g/mol. The van der Waals surface area contributed by atoms with Gasteiger partial charge in [0.2, 0.25) is 10.0 Å². The lowest BCUT2D eigenvalue weighted by atomic mass is 9.98. The number of nitrogens with zero attached hydrogens (tertiary/aromatic N) is 2. The number of ketones is 1. The molecule has 0 aliphatic rings. The summed E-state index contributed by atoms with van der Waals surface area (Å²) in [6.45, 7) is 6.00. The molecular formula is C28H34N2O4S2. The third-order valence-electron chi connectivity index (χ3n) is 6.25. The minimum atomic E-state index is -3.80. The Hall–Kier alpha value is -2.52. The van der Waals surface area contributed by atoms with Gasteiger partial charge in [-0.1, -0.05) is 30.3 Å². The largest absolute Gasteiger partial charge is 0.330 e. The molecule has 1 heterocycles. The topological polar surface area (TPSA) is 87.6 Å². The highest BCUT2D eigenvalue weighted by Gasteiger charge is 2.30. The molecule has 0 amide bonds. The second-order valence-corrected chi connectivity index (χ2v) is 11.6. The van der Waals surface area contributed by atoms with Gasteiger partial charge in [-0.15, -0.1) is 0 Å². The van der Waals surface area contributed by atoms with Crippen LogP contribution in [0.15, 0.2) is 71.9 Å².